The van der Waals surface area contributed by atoms with Crippen LogP contribution in [-0.2, 0) is 6.42 Å². The first-order chi connectivity index (χ1) is 9.20. The van der Waals surface area contributed by atoms with E-state index in [-0.39, 0.29) is 0 Å². The van der Waals surface area contributed by atoms with Crippen molar-refractivity contribution in [2.75, 3.05) is 6.61 Å². The number of hydrogen-bond donors (Lipinski definition) is 0. The van der Waals surface area contributed by atoms with Crippen molar-refractivity contribution in [2.45, 2.75) is 20.3 Å². The maximum Gasteiger partial charge on any atom is 0.150 e. The van der Waals surface area contributed by atoms with Gasteiger partial charge >= 0.3 is 0 Å². The largest absolute Gasteiger partial charge is 0.493 e. The standard InChI is InChI=1S/C16H17NO2/c1-12-9-15(11-18)10-13(2)16(12)19-8-5-14-3-6-17-7-4-14/h3-4,6-7,9-11H,5,8H2,1-2H3. The highest BCUT2D eigenvalue weighted by molar-refractivity contribution is 5.76. The third-order valence-electron chi connectivity index (χ3n) is 3.01. The number of pyridine rings is 1. The van der Waals surface area contributed by atoms with E-state index in [1.807, 2.05) is 38.1 Å². The summed E-state index contributed by atoms with van der Waals surface area (Å²) in [7, 11) is 0. The highest BCUT2D eigenvalue weighted by Gasteiger charge is 2.06. The molecule has 1 heterocycles. The smallest absolute Gasteiger partial charge is 0.150 e. The molecule has 0 unspecified atom stereocenters. The van der Waals surface area contributed by atoms with E-state index in [0.717, 1.165) is 29.6 Å². The molecule has 0 amide bonds. The number of nitrogens with zero attached hydrogens (tertiary/aromatic N) is 1. The quantitative estimate of drug-likeness (QED) is 0.770. The van der Waals surface area contributed by atoms with E-state index in [4.69, 9.17) is 4.74 Å². The molecule has 0 N–H and O–H groups in total. The first kappa shape index (κ1) is 13.3. The number of aromatic nitrogens is 1. The van der Waals surface area contributed by atoms with Crippen molar-refractivity contribution in [3.63, 3.8) is 0 Å². The van der Waals surface area contributed by atoms with E-state index in [9.17, 15) is 4.79 Å². The molecule has 0 radical (unpaired) electrons. The van der Waals surface area contributed by atoms with Gasteiger partial charge < -0.3 is 4.74 Å². The van der Waals surface area contributed by atoms with Gasteiger partial charge in [-0.2, -0.15) is 0 Å². The number of ether oxygens (including phenoxy) is 1. The zero-order valence-electron chi connectivity index (χ0n) is 11.2. The number of aldehydes is 1. The average molecular weight is 255 g/mol. The summed E-state index contributed by atoms with van der Waals surface area (Å²) >= 11 is 0. The van der Waals surface area contributed by atoms with Gasteiger partial charge in [0, 0.05) is 24.4 Å². The Kier molecular flexibility index (Phi) is 4.29. The molecule has 1 aromatic carbocycles. The molecule has 2 aromatic rings. The molecule has 3 nitrogen and oxygen atoms in total. The first-order valence-corrected chi connectivity index (χ1v) is 6.29. The fourth-order valence-corrected chi connectivity index (χ4v) is 2.10. The van der Waals surface area contributed by atoms with Crippen LogP contribution in [0.2, 0.25) is 0 Å². The lowest BCUT2D eigenvalue weighted by molar-refractivity contribution is 0.112. The van der Waals surface area contributed by atoms with Crippen molar-refractivity contribution in [1.29, 1.82) is 0 Å². The molecule has 0 saturated carbocycles. The van der Waals surface area contributed by atoms with E-state index >= 15 is 0 Å². The molecular weight excluding hydrogens is 238 g/mol. The fourth-order valence-electron chi connectivity index (χ4n) is 2.10. The zero-order valence-corrected chi connectivity index (χ0v) is 11.2. The Morgan fingerprint density at radius 1 is 1.16 bits per heavy atom. The Hall–Kier alpha value is -2.16. The van der Waals surface area contributed by atoms with Gasteiger partial charge in [0.15, 0.2) is 0 Å². The van der Waals surface area contributed by atoms with Crippen LogP contribution in [-0.4, -0.2) is 17.9 Å². The van der Waals surface area contributed by atoms with E-state index in [1.165, 1.54) is 5.56 Å². The third-order valence-corrected chi connectivity index (χ3v) is 3.01. The second kappa shape index (κ2) is 6.14. The van der Waals surface area contributed by atoms with Gasteiger partial charge in [-0.1, -0.05) is 0 Å². The molecule has 0 aliphatic rings. The summed E-state index contributed by atoms with van der Waals surface area (Å²) in [6, 6.07) is 7.67. The maximum absolute atomic E-state index is 10.8. The van der Waals surface area contributed by atoms with E-state index in [1.54, 1.807) is 12.4 Å². The van der Waals surface area contributed by atoms with Crippen molar-refractivity contribution in [3.8, 4) is 5.75 Å². The van der Waals surface area contributed by atoms with Crippen molar-refractivity contribution in [2.24, 2.45) is 0 Å². The summed E-state index contributed by atoms with van der Waals surface area (Å²) in [4.78, 5) is 14.8. The SMILES string of the molecule is Cc1cc(C=O)cc(C)c1OCCc1ccncc1. The van der Waals surface area contributed by atoms with Crippen LogP contribution in [0.15, 0.2) is 36.7 Å². The second-order valence-electron chi connectivity index (χ2n) is 4.56. The predicted molar refractivity (Wildman–Crippen MR) is 74.7 cm³/mol. The van der Waals surface area contributed by atoms with Crippen LogP contribution in [0.1, 0.15) is 27.0 Å². The van der Waals surface area contributed by atoms with Gasteiger partial charge in [0.1, 0.15) is 12.0 Å². The topological polar surface area (TPSA) is 39.2 Å². The Balaban J connectivity index is 2.02. The number of carbonyl (C=O) groups is 1. The maximum atomic E-state index is 10.8. The van der Waals surface area contributed by atoms with Gasteiger partial charge in [0.25, 0.3) is 0 Å². The molecule has 19 heavy (non-hydrogen) atoms. The second-order valence-corrected chi connectivity index (χ2v) is 4.56. The minimum Gasteiger partial charge on any atom is -0.493 e. The summed E-state index contributed by atoms with van der Waals surface area (Å²) in [5.41, 5.74) is 3.89. The van der Waals surface area contributed by atoms with Crippen LogP contribution >= 0.6 is 0 Å². The minimum atomic E-state index is 0.617. The normalized spacial score (nSPS) is 10.2. The number of hydrogen-bond acceptors (Lipinski definition) is 3. The number of carbonyl (C=O) groups excluding carboxylic acids is 1. The fraction of sp³-hybridized carbons (Fsp3) is 0.250. The van der Waals surface area contributed by atoms with Crippen LogP contribution in [0, 0.1) is 13.8 Å². The number of aryl methyl sites for hydroxylation is 2. The van der Waals surface area contributed by atoms with Gasteiger partial charge in [-0.05, 0) is 54.8 Å². The summed E-state index contributed by atoms with van der Waals surface area (Å²) < 4.78 is 5.83. The molecule has 0 fully saturated rings. The lowest BCUT2D eigenvalue weighted by Crippen LogP contribution is -2.04. The van der Waals surface area contributed by atoms with Crippen molar-refractivity contribution < 1.29 is 9.53 Å². The zero-order chi connectivity index (χ0) is 13.7. The highest BCUT2D eigenvalue weighted by Crippen LogP contribution is 2.24. The van der Waals surface area contributed by atoms with Gasteiger partial charge in [-0.3, -0.25) is 9.78 Å². The van der Waals surface area contributed by atoms with E-state index < -0.39 is 0 Å². The van der Waals surface area contributed by atoms with Gasteiger partial charge in [-0.25, -0.2) is 0 Å². The summed E-state index contributed by atoms with van der Waals surface area (Å²) in [5, 5.41) is 0. The molecule has 0 spiro atoms. The van der Waals surface area contributed by atoms with Gasteiger partial charge in [0.2, 0.25) is 0 Å². The Bertz CT molecular complexity index is 541. The third kappa shape index (κ3) is 3.41. The van der Waals surface area contributed by atoms with Crippen LogP contribution in [0.3, 0.4) is 0 Å². The highest BCUT2D eigenvalue weighted by atomic mass is 16.5. The molecule has 98 valence electrons. The molecule has 0 aliphatic heterocycles. The van der Waals surface area contributed by atoms with Crippen molar-refractivity contribution in [1.82, 2.24) is 4.98 Å². The lowest BCUT2D eigenvalue weighted by Gasteiger charge is -2.12. The number of benzene rings is 1. The summed E-state index contributed by atoms with van der Waals surface area (Å²) in [6.07, 6.45) is 5.27. The van der Waals surface area contributed by atoms with Crippen molar-refractivity contribution in [3.05, 3.63) is 58.9 Å². The van der Waals surface area contributed by atoms with Crippen LogP contribution in [0.5, 0.6) is 5.75 Å². The molecule has 1 aromatic heterocycles. The van der Waals surface area contributed by atoms with Gasteiger partial charge in [-0.15, -0.1) is 0 Å². The Labute approximate surface area is 113 Å². The Morgan fingerprint density at radius 3 is 2.37 bits per heavy atom. The van der Waals surface area contributed by atoms with Crippen LogP contribution in [0.25, 0.3) is 0 Å². The molecule has 0 bridgehead atoms. The summed E-state index contributed by atoms with van der Waals surface area (Å²) in [5.74, 6) is 0.875. The predicted octanol–water partition coefficient (Wildman–Crippen LogP) is 3.13. The molecular formula is C16H17NO2. The molecule has 0 aliphatic carbocycles. The molecule has 0 saturated heterocycles. The average Bonchev–Trinajstić information content (AvgIpc) is 2.42. The van der Waals surface area contributed by atoms with Gasteiger partial charge in [0.05, 0.1) is 6.61 Å². The molecule has 0 atom stereocenters. The van der Waals surface area contributed by atoms with E-state index in [2.05, 4.69) is 4.98 Å². The lowest BCUT2D eigenvalue weighted by atomic mass is 10.1. The van der Waals surface area contributed by atoms with Crippen LogP contribution in [0.4, 0.5) is 0 Å². The van der Waals surface area contributed by atoms with Crippen LogP contribution < -0.4 is 4.74 Å². The number of rotatable bonds is 5. The van der Waals surface area contributed by atoms with E-state index in [0.29, 0.717) is 12.2 Å². The monoisotopic (exact) mass is 255 g/mol. The first-order valence-electron chi connectivity index (χ1n) is 6.29. The minimum absolute atomic E-state index is 0.617. The molecule has 2 rings (SSSR count). The Morgan fingerprint density at radius 2 is 1.79 bits per heavy atom. The summed E-state index contributed by atoms with van der Waals surface area (Å²) in [6.45, 7) is 4.54. The van der Waals surface area contributed by atoms with Crippen molar-refractivity contribution >= 4 is 6.29 Å². The molecule has 3 heteroatoms.